The maximum atomic E-state index is 12.6. The Morgan fingerprint density at radius 2 is 2.00 bits per heavy atom. The molecule has 0 unspecified atom stereocenters. The van der Waals surface area contributed by atoms with E-state index in [0.29, 0.717) is 27.9 Å². The first-order valence-corrected chi connectivity index (χ1v) is 9.77. The summed E-state index contributed by atoms with van der Waals surface area (Å²) in [5.74, 6) is 0.982. The lowest BCUT2D eigenvalue weighted by Crippen LogP contribution is -2.20. The fourth-order valence-electron chi connectivity index (χ4n) is 2.64. The number of ether oxygens (including phenoxy) is 1. The van der Waals surface area contributed by atoms with Crippen LogP contribution >= 0.6 is 11.8 Å². The Hall–Kier alpha value is -2.71. The van der Waals surface area contributed by atoms with Crippen LogP contribution in [0.25, 0.3) is 0 Å². The van der Waals surface area contributed by atoms with E-state index in [-0.39, 0.29) is 13.3 Å². The van der Waals surface area contributed by atoms with Crippen molar-refractivity contribution in [2.75, 3.05) is 23.7 Å². The number of carbonyl (C=O) groups excluding carboxylic acids is 1. The first-order chi connectivity index (χ1) is 13.3. The number of benzene rings is 2. The second kappa shape index (κ2) is 10.7. The van der Waals surface area contributed by atoms with E-state index in [1.807, 2.05) is 44.5 Å². The zero-order valence-corrected chi connectivity index (χ0v) is 17.3. The molecular formula is C21H30N4O3S. The molecule has 0 saturated carbocycles. The van der Waals surface area contributed by atoms with E-state index in [1.165, 1.54) is 24.9 Å². The van der Waals surface area contributed by atoms with Gasteiger partial charge in [0.15, 0.2) is 5.17 Å². The van der Waals surface area contributed by atoms with Crippen LogP contribution < -0.4 is 21.3 Å². The molecule has 0 saturated heterocycles. The SMILES string of the molecule is C.CCSC(N)=NC(C)(C)c1cccc(NC(=O)c2ccc(OC)c(NO)c2)c1. The first kappa shape index (κ1) is 24.3. The number of anilines is 2. The minimum Gasteiger partial charge on any atom is -0.495 e. The highest BCUT2D eigenvalue weighted by Gasteiger charge is 2.21. The molecule has 0 aliphatic carbocycles. The van der Waals surface area contributed by atoms with Gasteiger partial charge in [0.1, 0.15) is 11.4 Å². The second-order valence-corrected chi connectivity index (χ2v) is 7.79. The molecule has 0 atom stereocenters. The largest absolute Gasteiger partial charge is 0.495 e. The summed E-state index contributed by atoms with van der Waals surface area (Å²) in [6.07, 6.45) is 0. The third-order valence-electron chi connectivity index (χ3n) is 4.09. The molecule has 0 bridgehead atoms. The van der Waals surface area contributed by atoms with Gasteiger partial charge in [-0.1, -0.05) is 38.2 Å². The van der Waals surface area contributed by atoms with Crippen molar-refractivity contribution >= 4 is 34.2 Å². The quantitative estimate of drug-likeness (QED) is 0.295. The first-order valence-electron chi connectivity index (χ1n) is 8.79. The molecule has 0 heterocycles. The summed E-state index contributed by atoms with van der Waals surface area (Å²) >= 11 is 1.49. The number of nitrogens with one attached hydrogen (secondary N) is 2. The van der Waals surface area contributed by atoms with Crippen molar-refractivity contribution in [1.29, 1.82) is 0 Å². The number of carbonyl (C=O) groups is 1. The summed E-state index contributed by atoms with van der Waals surface area (Å²) in [4.78, 5) is 17.2. The van der Waals surface area contributed by atoms with Crippen molar-refractivity contribution in [1.82, 2.24) is 0 Å². The highest BCUT2D eigenvalue weighted by molar-refractivity contribution is 8.13. The highest BCUT2D eigenvalue weighted by atomic mass is 32.2. The number of nitrogens with two attached hydrogens (primary N) is 1. The molecule has 7 nitrogen and oxygen atoms in total. The minimum atomic E-state index is -0.527. The molecule has 1 amide bonds. The van der Waals surface area contributed by atoms with Crippen LogP contribution in [0.3, 0.4) is 0 Å². The van der Waals surface area contributed by atoms with Gasteiger partial charge in [0.2, 0.25) is 0 Å². The lowest BCUT2D eigenvalue weighted by atomic mass is 9.95. The van der Waals surface area contributed by atoms with Crippen molar-refractivity contribution in [3.05, 3.63) is 53.6 Å². The molecule has 8 heteroatoms. The number of methoxy groups -OCH3 is 1. The zero-order chi connectivity index (χ0) is 20.7. The number of rotatable bonds is 7. The molecule has 0 aliphatic heterocycles. The molecule has 0 radical (unpaired) electrons. The van der Waals surface area contributed by atoms with Gasteiger partial charge in [-0.2, -0.15) is 0 Å². The fourth-order valence-corrected chi connectivity index (χ4v) is 3.23. The Morgan fingerprint density at radius 1 is 1.28 bits per heavy atom. The van der Waals surface area contributed by atoms with Crippen LogP contribution in [0.1, 0.15) is 44.1 Å². The number of nitrogens with zero attached hydrogens (tertiary/aromatic N) is 1. The number of hydrogen-bond acceptors (Lipinski definition) is 6. The Bertz CT molecular complexity index is 869. The summed E-state index contributed by atoms with van der Waals surface area (Å²) in [6, 6.07) is 12.2. The van der Waals surface area contributed by atoms with Crippen molar-refractivity contribution in [2.45, 2.75) is 33.7 Å². The molecule has 2 aromatic rings. The Kier molecular flexibility index (Phi) is 9.00. The fraction of sp³-hybridized carbons (Fsp3) is 0.333. The summed E-state index contributed by atoms with van der Waals surface area (Å²) in [5, 5.41) is 12.6. The lowest BCUT2D eigenvalue weighted by Gasteiger charge is -2.22. The summed E-state index contributed by atoms with van der Waals surface area (Å²) in [5.41, 5.74) is 9.72. The van der Waals surface area contributed by atoms with E-state index in [0.717, 1.165) is 11.3 Å². The van der Waals surface area contributed by atoms with E-state index in [2.05, 4.69) is 10.3 Å². The predicted octanol–water partition coefficient (Wildman–Crippen LogP) is 4.69. The molecule has 0 aliphatic rings. The van der Waals surface area contributed by atoms with Gasteiger partial charge in [-0.15, -0.1) is 0 Å². The van der Waals surface area contributed by atoms with E-state index < -0.39 is 5.54 Å². The van der Waals surface area contributed by atoms with Gasteiger partial charge in [0, 0.05) is 11.3 Å². The van der Waals surface area contributed by atoms with E-state index >= 15 is 0 Å². The van der Waals surface area contributed by atoms with Gasteiger partial charge in [-0.25, -0.2) is 0 Å². The Balaban J connectivity index is 0.00000420. The third kappa shape index (κ3) is 6.40. The zero-order valence-electron chi connectivity index (χ0n) is 16.4. The van der Waals surface area contributed by atoms with Crippen LogP contribution in [0.15, 0.2) is 47.5 Å². The maximum absolute atomic E-state index is 12.6. The third-order valence-corrected chi connectivity index (χ3v) is 4.77. The molecule has 0 fully saturated rings. The van der Waals surface area contributed by atoms with Crippen LogP contribution in [-0.4, -0.2) is 29.1 Å². The van der Waals surface area contributed by atoms with Crippen LogP contribution in [-0.2, 0) is 5.54 Å². The van der Waals surface area contributed by atoms with Gasteiger partial charge in [0.25, 0.3) is 5.91 Å². The van der Waals surface area contributed by atoms with Gasteiger partial charge in [-0.05, 0) is 55.5 Å². The van der Waals surface area contributed by atoms with Crippen LogP contribution in [0.5, 0.6) is 5.75 Å². The predicted molar refractivity (Wildman–Crippen MR) is 122 cm³/mol. The molecule has 0 spiro atoms. The Morgan fingerprint density at radius 3 is 2.62 bits per heavy atom. The smallest absolute Gasteiger partial charge is 0.255 e. The number of aliphatic imine (C=N–C) groups is 1. The van der Waals surface area contributed by atoms with Gasteiger partial charge in [-0.3, -0.25) is 20.5 Å². The normalized spacial score (nSPS) is 11.4. The summed E-state index contributed by atoms with van der Waals surface area (Å²) in [7, 11) is 1.48. The average Bonchev–Trinajstić information content (AvgIpc) is 2.67. The molecule has 5 N–H and O–H groups in total. The standard InChI is InChI=1S/C20H26N4O3S.CH4/c1-5-28-19(21)23-20(2,3)14-7-6-8-15(12-14)22-18(25)13-9-10-17(27-4)16(11-13)24-26;/h6-12,24,26H,5H2,1-4H3,(H2,21,23)(H,22,25);1H4. The molecular weight excluding hydrogens is 388 g/mol. The van der Waals surface area contributed by atoms with Crippen molar-refractivity contribution in [3.63, 3.8) is 0 Å². The summed E-state index contributed by atoms with van der Waals surface area (Å²) in [6.45, 7) is 5.96. The topological polar surface area (TPSA) is 109 Å². The number of amidine groups is 1. The van der Waals surface area contributed by atoms with Crippen LogP contribution in [0.4, 0.5) is 11.4 Å². The van der Waals surface area contributed by atoms with Crippen LogP contribution in [0.2, 0.25) is 0 Å². The Labute approximate surface area is 176 Å². The minimum absolute atomic E-state index is 0. The molecule has 2 aromatic carbocycles. The van der Waals surface area contributed by atoms with Crippen LogP contribution in [0, 0.1) is 0 Å². The van der Waals surface area contributed by atoms with E-state index in [4.69, 9.17) is 10.5 Å². The number of amides is 1. The van der Waals surface area contributed by atoms with Gasteiger partial charge in [0.05, 0.1) is 12.6 Å². The van der Waals surface area contributed by atoms with Crippen molar-refractivity contribution in [3.8, 4) is 5.75 Å². The summed E-state index contributed by atoms with van der Waals surface area (Å²) < 4.78 is 5.11. The number of hydrogen-bond donors (Lipinski definition) is 4. The molecule has 0 aromatic heterocycles. The molecule has 2 rings (SSSR count). The maximum Gasteiger partial charge on any atom is 0.255 e. The van der Waals surface area contributed by atoms with E-state index in [1.54, 1.807) is 18.2 Å². The molecule has 29 heavy (non-hydrogen) atoms. The number of thioether (sulfide) groups is 1. The van der Waals surface area contributed by atoms with Gasteiger partial charge >= 0.3 is 0 Å². The van der Waals surface area contributed by atoms with Crippen molar-refractivity contribution < 1.29 is 14.7 Å². The lowest BCUT2D eigenvalue weighted by molar-refractivity contribution is 0.102. The monoisotopic (exact) mass is 418 g/mol. The van der Waals surface area contributed by atoms with E-state index in [9.17, 15) is 10.0 Å². The van der Waals surface area contributed by atoms with Gasteiger partial charge < -0.3 is 15.8 Å². The second-order valence-electron chi connectivity index (χ2n) is 6.50. The van der Waals surface area contributed by atoms with Crippen molar-refractivity contribution in [2.24, 2.45) is 10.7 Å². The average molecular weight is 419 g/mol. The molecule has 158 valence electrons. The highest BCUT2D eigenvalue weighted by Crippen LogP contribution is 2.29.